The molecule has 5 nitrogen and oxygen atoms in total. The molecule has 0 aliphatic rings. The van der Waals surface area contributed by atoms with Crippen LogP contribution in [-0.2, 0) is 14.3 Å². The first kappa shape index (κ1) is 12.8. The van der Waals surface area contributed by atoms with Crippen LogP contribution < -0.4 is 5.32 Å². The number of aliphatic carboxylic acids is 1. The number of carboxylic acid groups (broad SMARTS) is 1. The Morgan fingerprint density at radius 3 is 2.53 bits per heavy atom. The Hall–Kier alpha value is -2.30. The minimum atomic E-state index is -1.27. The van der Waals surface area contributed by atoms with Crippen LogP contribution in [0, 0.1) is 0 Å². The molecule has 1 aromatic rings. The van der Waals surface area contributed by atoms with Crippen molar-refractivity contribution in [2.24, 2.45) is 0 Å². The highest BCUT2D eigenvalue weighted by atomic mass is 16.5. The van der Waals surface area contributed by atoms with Gasteiger partial charge in [0.25, 0.3) is 5.91 Å². The number of para-hydroxylation sites is 1. The average Bonchev–Trinajstić information content (AvgIpc) is 2.29. The largest absolute Gasteiger partial charge is 0.487 e. The Bertz CT molecular complexity index is 425. The molecule has 5 heteroatoms. The van der Waals surface area contributed by atoms with Gasteiger partial charge in [-0.1, -0.05) is 18.2 Å². The maximum absolute atomic E-state index is 11.5. The molecule has 1 rings (SSSR count). The van der Waals surface area contributed by atoms with Crippen LogP contribution in [0.1, 0.15) is 6.92 Å². The molecule has 0 saturated heterocycles. The van der Waals surface area contributed by atoms with E-state index >= 15 is 0 Å². The third-order valence-corrected chi connectivity index (χ3v) is 1.81. The van der Waals surface area contributed by atoms with Gasteiger partial charge in [0, 0.05) is 5.69 Å². The van der Waals surface area contributed by atoms with Gasteiger partial charge in [-0.15, -0.1) is 0 Å². The Morgan fingerprint density at radius 1 is 1.35 bits per heavy atom. The van der Waals surface area contributed by atoms with Gasteiger partial charge in [0.05, 0.1) is 12.7 Å². The first-order valence-corrected chi connectivity index (χ1v) is 5.07. The maximum atomic E-state index is 11.5. The van der Waals surface area contributed by atoms with Crippen LogP contribution in [0.4, 0.5) is 5.69 Å². The van der Waals surface area contributed by atoms with Crippen molar-refractivity contribution in [3.63, 3.8) is 0 Å². The van der Waals surface area contributed by atoms with Gasteiger partial charge in [-0.2, -0.15) is 0 Å². The fourth-order valence-electron chi connectivity index (χ4n) is 1.14. The first-order valence-electron chi connectivity index (χ1n) is 5.07. The minimum absolute atomic E-state index is 0.191. The predicted molar refractivity (Wildman–Crippen MR) is 62.4 cm³/mol. The van der Waals surface area contributed by atoms with Crippen molar-refractivity contribution in [3.8, 4) is 0 Å². The molecule has 17 heavy (non-hydrogen) atoms. The summed E-state index contributed by atoms with van der Waals surface area (Å²) in [5.74, 6) is -2.18. The van der Waals surface area contributed by atoms with Gasteiger partial charge in [0.15, 0.2) is 0 Å². The summed E-state index contributed by atoms with van der Waals surface area (Å²) in [5, 5.41) is 11.3. The van der Waals surface area contributed by atoms with E-state index in [-0.39, 0.29) is 12.4 Å². The lowest BCUT2D eigenvalue weighted by molar-refractivity contribution is -0.136. The maximum Gasteiger partial charge on any atom is 0.371 e. The van der Waals surface area contributed by atoms with E-state index in [2.05, 4.69) is 5.32 Å². The number of benzene rings is 1. The van der Waals surface area contributed by atoms with E-state index in [1.165, 1.54) is 0 Å². The Morgan fingerprint density at radius 2 is 2.00 bits per heavy atom. The smallest absolute Gasteiger partial charge is 0.371 e. The number of amides is 1. The van der Waals surface area contributed by atoms with Crippen LogP contribution in [0.2, 0.25) is 0 Å². The molecular formula is C12H13NO4. The average molecular weight is 235 g/mol. The summed E-state index contributed by atoms with van der Waals surface area (Å²) in [7, 11) is 0. The van der Waals surface area contributed by atoms with Gasteiger partial charge >= 0.3 is 5.97 Å². The molecule has 0 aromatic heterocycles. The van der Waals surface area contributed by atoms with Crippen LogP contribution in [0.3, 0.4) is 0 Å². The van der Waals surface area contributed by atoms with Crippen molar-refractivity contribution in [2.75, 3.05) is 11.9 Å². The monoisotopic (exact) mass is 235 g/mol. The predicted octanol–water partition coefficient (Wildman–Crippen LogP) is 1.63. The van der Waals surface area contributed by atoms with Crippen molar-refractivity contribution >= 4 is 17.6 Å². The molecule has 0 bridgehead atoms. The van der Waals surface area contributed by atoms with Gasteiger partial charge in [-0.25, -0.2) is 4.79 Å². The third kappa shape index (κ3) is 4.38. The lowest BCUT2D eigenvalue weighted by Gasteiger charge is -2.04. The number of hydrogen-bond donors (Lipinski definition) is 2. The summed E-state index contributed by atoms with van der Waals surface area (Å²) >= 11 is 0. The van der Waals surface area contributed by atoms with E-state index in [9.17, 15) is 9.59 Å². The molecule has 0 aliphatic heterocycles. The molecule has 0 aliphatic carbocycles. The number of anilines is 1. The molecule has 0 heterocycles. The van der Waals surface area contributed by atoms with Crippen LogP contribution in [0.15, 0.2) is 42.2 Å². The fourth-order valence-corrected chi connectivity index (χ4v) is 1.14. The second-order valence-corrected chi connectivity index (χ2v) is 3.10. The zero-order valence-corrected chi connectivity index (χ0v) is 9.34. The van der Waals surface area contributed by atoms with Crippen molar-refractivity contribution in [1.29, 1.82) is 0 Å². The lowest BCUT2D eigenvalue weighted by Crippen LogP contribution is -2.13. The van der Waals surface area contributed by atoms with Crippen LogP contribution in [-0.4, -0.2) is 23.6 Å². The second kappa shape index (κ2) is 6.32. The number of carbonyl (C=O) groups excluding carboxylic acids is 1. The van der Waals surface area contributed by atoms with E-state index in [0.29, 0.717) is 5.69 Å². The number of carboxylic acids is 1. The molecule has 1 aromatic carbocycles. The van der Waals surface area contributed by atoms with E-state index in [1.807, 2.05) is 6.07 Å². The number of nitrogens with one attached hydrogen (secondary N) is 1. The third-order valence-electron chi connectivity index (χ3n) is 1.81. The molecule has 0 unspecified atom stereocenters. The van der Waals surface area contributed by atoms with Gasteiger partial charge in [0.2, 0.25) is 5.76 Å². The molecule has 0 radical (unpaired) electrons. The molecule has 90 valence electrons. The van der Waals surface area contributed by atoms with Crippen LogP contribution in [0.25, 0.3) is 0 Å². The molecule has 0 spiro atoms. The molecule has 2 N–H and O–H groups in total. The second-order valence-electron chi connectivity index (χ2n) is 3.10. The van der Waals surface area contributed by atoms with E-state index in [0.717, 1.165) is 6.08 Å². The number of rotatable bonds is 5. The van der Waals surface area contributed by atoms with E-state index < -0.39 is 11.9 Å². The topological polar surface area (TPSA) is 75.6 Å². The molecular weight excluding hydrogens is 222 g/mol. The summed E-state index contributed by atoms with van der Waals surface area (Å²) in [6.07, 6.45) is 0.916. The standard InChI is InChI=1S/C12H13NO4/c1-2-17-10(12(15)16)8-11(14)13-9-6-4-3-5-7-9/h3-8H,2H2,1H3,(H,13,14)(H,15,16)/b10-8-. The summed E-state index contributed by atoms with van der Waals surface area (Å²) in [6, 6.07) is 8.74. The fraction of sp³-hybridized carbons (Fsp3) is 0.167. The summed E-state index contributed by atoms with van der Waals surface area (Å²) in [5.41, 5.74) is 0.593. The SMILES string of the molecule is CCO/C(=C\C(=O)Nc1ccccc1)C(=O)O. The molecule has 0 saturated carbocycles. The summed E-state index contributed by atoms with van der Waals surface area (Å²) < 4.78 is 4.81. The zero-order chi connectivity index (χ0) is 12.7. The molecule has 0 atom stereocenters. The Labute approximate surface area is 98.7 Å². The Balaban J connectivity index is 2.70. The van der Waals surface area contributed by atoms with Crippen molar-refractivity contribution < 1.29 is 19.4 Å². The highest BCUT2D eigenvalue weighted by molar-refractivity contribution is 6.03. The summed E-state index contributed by atoms with van der Waals surface area (Å²) in [4.78, 5) is 22.2. The van der Waals surface area contributed by atoms with Crippen LogP contribution >= 0.6 is 0 Å². The van der Waals surface area contributed by atoms with Crippen molar-refractivity contribution in [3.05, 3.63) is 42.2 Å². The van der Waals surface area contributed by atoms with Crippen LogP contribution in [0.5, 0.6) is 0 Å². The van der Waals surface area contributed by atoms with Crippen molar-refractivity contribution in [1.82, 2.24) is 0 Å². The molecule has 0 fully saturated rings. The van der Waals surface area contributed by atoms with E-state index in [4.69, 9.17) is 9.84 Å². The number of hydrogen-bond acceptors (Lipinski definition) is 3. The lowest BCUT2D eigenvalue weighted by atomic mass is 10.3. The highest BCUT2D eigenvalue weighted by Gasteiger charge is 2.10. The number of carbonyl (C=O) groups is 2. The molecule has 1 amide bonds. The quantitative estimate of drug-likeness (QED) is 0.600. The van der Waals surface area contributed by atoms with Gasteiger partial charge < -0.3 is 15.2 Å². The first-order chi connectivity index (χ1) is 8.13. The Kier molecular flexibility index (Phi) is 4.75. The van der Waals surface area contributed by atoms with Gasteiger partial charge in [-0.3, -0.25) is 4.79 Å². The minimum Gasteiger partial charge on any atom is -0.487 e. The number of ether oxygens (including phenoxy) is 1. The normalized spacial score (nSPS) is 10.8. The van der Waals surface area contributed by atoms with Crippen molar-refractivity contribution in [2.45, 2.75) is 6.92 Å². The zero-order valence-electron chi connectivity index (χ0n) is 9.34. The highest BCUT2D eigenvalue weighted by Crippen LogP contribution is 2.06. The summed E-state index contributed by atoms with van der Waals surface area (Å²) in [6.45, 7) is 1.84. The van der Waals surface area contributed by atoms with Gasteiger partial charge in [-0.05, 0) is 19.1 Å². The van der Waals surface area contributed by atoms with Gasteiger partial charge in [0.1, 0.15) is 0 Å². The van der Waals surface area contributed by atoms with E-state index in [1.54, 1.807) is 31.2 Å².